The fourth-order valence-corrected chi connectivity index (χ4v) is 5.49. The maximum absolute atomic E-state index is 12.5. The van der Waals surface area contributed by atoms with Gasteiger partial charge in [-0.15, -0.1) is 0 Å². The van der Waals surface area contributed by atoms with Gasteiger partial charge in [0.25, 0.3) is 0 Å². The lowest BCUT2D eigenvalue weighted by Crippen LogP contribution is -2.13. The summed E-state index contributed by atoms with van der Waals surface area (Å²) in [5.41, 5.74) is -0.350. The van der Waals surface area contributed by atoms with E-state index in [2.05, 4.69) is 0 Å². The summed E-state index contributed by atoms with van der Waals surface area (Å²) >= 11 is 0. The molecule has 8 heteroatoms. The highest BCUT2D eigenvalue weighted by Gasteiger charge is 2.34. The van der Waals surface area contributed by atoms with Gasteiger partial charge in [0, 0.05) is 0 Å². The summed E-state index contributed by atoms with van der Waals surface area (Å²) in [5.74, 6) is 0. The average Bonchev–Trinajstić information content (AvgIpc) is 2.37. The standard InChI is InChI=1S/C12H28O6P2/c1-6-15-19(13,16-7-2)11-10-12(5)20(14,17-8-3)18-9-4/h12H,6-11H2,1-5H3. The van der Waals surface area contributed by atoms with Crippen molar-refractivity contribution >= 4 is 15.2 Å². The molecule has 0 radical (unpaired) electrons. The zero-order valence-corrected chi connectivity index (χ0v) is 15.0. The normalized spacial score (nSPS) is 14.4. The van der Waals surface area contributed by atoms with E-state index in [-0.39, 0.29) is 11.8 Å². The van der Waals surface area contributed by atoms with Crippen LogP contribution in [0, 0.1) is 0 Å². The van der Waals surface area contributed by atoms with Gasteiger partial charge in [0.1, 0.15) is 0 Å². The van der Waals surface area contributed by atoms with Crippen LogP contribution in [-0.2, 0) is 27.2 Å². The lowest BCUT2D eigenvalue weighted by Gasteiger charge is -2.24. The predicted octanol–water partition coefficient (Wildman–Crippen LogP) is 4.30. The van der Waals surface area contributed by atoms with Crippen LogP contribution in [-0.4, -0.2) is 38.2 Å². The lowest BCUT2D eigenvalue weighted by atomic mass is 10.4. The SMILES string of the molecule is CCOP(=O)(CCC(C)P(=O)(OCC)OCC)OCC. The molecule has 0 heterocycles. The van der Waals surface area contributed by atoms with Gasteiger partial charge in [-0.2, -0.15) is 0 Å². The Balaban J connectivity index is 4.67. The average molecular weight is 330 g/mol. The molecule has 0 aliphatic rings. The van der Waals surface area contributed by atoms with Gasteiger partial charge in [-0.3, -0.25) is 9.13 Å². The second-order valence-corrected chi connectivity index (χ2v) is 8.85. The number of hydrogen-bond donors (Lipinski definition) is 0. The van der Waals surface area contributed by atoms with Crippen molar-refractivity contribution in [1.29, 1.82) is 0 Å². The minimum Gasteiger partial charge on any atom is -0.309 e. The van der Waals surface area contributed by atoms with Crippen molar-refractivity contribution in [3.8, 4) is 0 Å². The Morgan fingerprint density at radius 3 is 1.55 bits per heavy atom. The molecule has 0 spiro atoms. The number of hydrogen-bond acceptors (Lipinski definition) is 6. The van der Waals surface area contributed by atoms with Gasteiger partial charge in [-0.05, 0) is 34.1 Å². The summed E-state index contributed by atoms with van der Waals surface area (Å²) in [5, 5.41) is 0. The molecule has 122 valence electrons. The third-order valence-corrected chi connectivity index (χ3v) is 7.31. The summed E-state index contributed by atoms with van der Waals surface area (Å²) in [6, 6.07) is 0. The molecular weight excluding hydrogens is 302 g/mol. The van der Waals surface area contributed by atoms with Crippen LogP contribution in [0.3, 0.4) is 0 Å². The van der Waals surface area contributed by atoms with Gasteiger partial charge in [0.05, 0.1) is 38.2 Å². The van der Waals surface area contributed by atoms with Crippen molar-refractivity contribution in [1.82, 2.24) is 0 Å². The van der Waals surface area contributed by atoms with Crippen molar-refractivity contribution < 1.29 is 27.2 Å². The van der Waals surface area contributed by atoms with Crippen molar-refractivity contribution in [2.45, 2.75) is 46.7 Å². The highest BCUT2D eigenvalue weighted by Crippen LogP contribution is 2.56. The van der Waals surface area contributed by atoms with Crippen molar-refractivity contribution in [3.63, 3.8) is 0 Å². The van der Waals surface area contributed by atoms with E-state index in [0.29, 0.717) is 32.8 Å². The van der Waals surface area contributed by atoms with Crippen LogP contribution in [0.2, 0.25) is 0 Å². The van der Waals surface area contributed by atoms with Gasteiger partial charge < -0.3 is 18.1 Å². The second kappa shape index (κ2) is 10.1. The topological polar surface area (TPSA) is 71.1 Å². The van der Waals surface area contributed by atoms with Crippen LogP contribution in [0.5, 0.6) is 0 Å². The first-order valence-corrected chi connectivity index (χ1v) is 10.5. The van der Waals surface area contributed by atoms with Gasteiger partial charge in [-0.1, -0.05) is 6.92 Å². The molecule has 0 aromatic rings. The summed E-state index contributed by atoms with van der Waals surface area (Å²) in [4.78, 5) is 0. The first-order valence-electron chi connectivity index (χ1n) is 7.14. The third kappa shape index (κ3) is 6.84. The molecule has 0 bridgehead atoms. The molecule has 0 N–H and O–H groups in total. The molecule has 0 fully saturated rings. The molecule has 1 atom stereocenters. The molecule has 0 aliphatic carbocycles. The minimum absolute atomic E-state index is 0.208. The summed E-state index contributed by atoms with van der Waals surface area (Å²) in [6.07, 6.45) is 0.606. The zero-order chi connectivity index (χ0) is 15.6. The summed E-state index contributed by atoms with van der Waals surface area (Å²) in [6.45, 7) is 10.1. The molecule has 0 saturated carbocycles. The largest absolute Gasteiger partial charge is 0.333 e. The fraction of sp³-hybridized carbons (Fsp3) is 1.00. The monoisotopic (exact) mass is 330 g/mol. The fourth-order valence-electron chi connectivity index (χ4n) is 1.71. The third-order valence-electron chi connectivity index (χ3n) is 2.63. The molecule has 0 amide bonds. The Morgan fingerprint density at radius 1 is 0.800 bits per heavy atom. The minimum atomic E-state index is -3.17. The van der Waals surface area contributed by atoms with E-state index in [9.17, 15) is 9.13 Å². The Kier molecular flexibility index (Phi) is 10.2. The highest BCUT2D eigenvalue weighted by molar-refractivity contribution is 7.55. The van der Waals surface area contributed by atoms with E-state index in [4.69, 9.17) is 18.1 Å². The van der Waals surface area contributed by atoms with Crippen LogP contribution in [0.1, 0.15) is 41.0 Å². The van der Waals surface area contributed by atoms with E-state index >= 15 is 0 Å². The number of rotatable bonds is 12. The molecule has 20 heavy (non-hydrogen) atoms. The Labute approximate surface area is 122 Å². The Morgan fingerprint density at radius 2 is 1.20 bits per heavy atom. The molecule has 0 aromatic heterocycles. The Hall–Kier alpha value is 0.300. The molecule has 1 unspecified atom stereocenters. The summed E-state index contributed by atoms with van der Waals surface area (Å²) < 4.78 is 45.9. The van der Waals surface area contributed by atoms with Crippen LogP contribution >= 0.6 is 15.2 Å². The molecular formula is C12H28O6P2. The highest BCUT2D eigenvalue weighted by atomic mass is 31.2. The van der Waals surface area contributed by atoms with E-state index in [1.165, 1.54) is 0 Å². The molecule has 0 rings (SSSR count). The maximum Gasteiger partial charge on any atom is 0.333 e. The van der Waals surface area contributed by atoms with Crippen LogP contribution in [0.25, 0.3) is 0 Å². The smallest absolute Gasteiger partial charge is 0.309 e. The van der Waals surface area contributed by atoms with Gasteiger partial charge in [0.2, 0.25) is 0 Å². The van der Waals surface area contributed by atoms with Crippen molar-refractivity contribution in [2.24, 2.45) is 0 Å². The molecule has 0 aromatic carbocycles. The van der Waals surface area contributed by atoms with Crippen LogP contribution in [0.4, 0.5) is 0 Å². The predicted molar refractivity (Wildman–Crippen MR) is 80.7 cm³/mol. The summed E-state index contributed by atoms with van der Waals surface area (Å²) in [7, 11) is -6.28. The quantitative estimate of drug-likeness (QED) is 0.497. The van der Waals surface area contributed by atoms with Crippen molar-refractivity contribution in [3.05, 3.63) is 0 Å². The van der Waals surface area contributed by atoms with E-state index in [0.717, 1.165) is 0 Å². The first kappa shape index (κ1) is 20.3. The Bertz CT molecular complexity index is 327. The van der Waals surface area contributed by atoms with E-state index in [1.54, 1.807) is 34.6 Å². The van der Waals surface area contributed by atoms with Crippen molar-refractivity contribution in [2.75, 3.05) is 32.6 Å². The van der Waals surface area contributed by atoms with Crippen LogP contribution < -0.4 is 0 Å². The van der Waals surface area contributed by atoms with Gasteiger partial charge in [-0.25, -0.2) is 0 Å². The zero-order valence-electron chi connectivity index (χ0n) is 13.2. The molecule has 6 nitrogen and oxygen atoms in total. The molecule has 0 saturated heterocycles. The van der Waals surface area contributed by atoms with Crippen LogP contribution in [0.15, 0.2) is 0 Å². The second-order valence-electron chi connectivity index (χ2n) is 4.18. The van der Waals surface area contributed by atoms with E-state index < -0.39 is 15.2 Å². The maximum atomic E-state index is 12.5. The van der Waals surface area contributed by atoms with Gasteiger partial charge >= 0.3 is 15.2 Å². The molecule has 0 aliphatic heterocycles. The first-order chi connectivity index (χ1) is 9.37. The lowest BCUT2D eigenvalue weighted by molar-refractivity contribution is 0.209. The van der Waals surface area contributed by atoms with E-state index in [1.807, 2.05) is 0 Å². The van der Waals surface area contributed by atoms with Gasteiger partial charge in [0.15, 0.2) is 0 Å².